The molecule has 6 nitrogen and oxygen atoms in total. The SMILES string of the molecule is C=C(C)C(CC=C(C)C)Cc1c(O)cc(O)c2c1O[C@H](C1C=CC(OC)=CC1OC)CC2=O. The van der Waals surface area contributed by atoms with E-state index in [1.165, 1.54) is 11.6 Å². The first kappa shape index (κ1) is 24.6. The lowest BCUT2D eigenvalue weighted by molar-refractivity contribution is 0.0303. The number of carbonyl (C=O) groups excluding carboxylic acids is 1. The van der Waals surface area contributed by atoms with Crippen LogP contribution < -0.4 is 4.74 Å². The van der Waals surface area contributed by atoms with E-state index in [-0.39, 0.29) is 53.0 Å². The summed E-state index contributed by atoms with van der Waals surface area (Å²) < 4.78 is 17.3. The molecule has 1 aliphatic carbocycles. The lowest BCUT2D eigenvalue weighted by atomic mass is 9.83. The summed E-state index contributed by atoms with van der Waals surface area (Å²) in [5, 5.41) is 21.2. The molecule has 0 saturated carbocycles. The van der Waals surface area contributed by atoms with Gasteiger partial charge in [-0.15, -0.1) is 0 Å². The second-order valence-electron chi connectivity index (χ2n) is 9.06. The summed E-state index contributed by atoms with van der Waals surface area (Å²) in [5.41, 5.74) is 2.81. The smallest absolute Gasteiger partial charge is 0.174 e. The first-order valence-electron chi connectivity index (χ1n) is 11.2. The van der Waals surface area contributed by atoms with Crippen LogP contribution in [0.1, 0.15) is 49.5 Å². The van der Waals surface area contributed by atoms with Gasteiger partial charge < -0.3 is 24.4 Å². The van der Waals surface area contributed by atoms with Gasteiger partial charge in [0, 0.05) is 31.1 Å². The summed E-state index contributed by atoms with van der Waals surface area (Å²) >= 11 is 0. The topological polar surface area (TPSA) is 85.2 Å². The number of fused-ring (bicyclic) bond motifs is 1. The molecular formula is C27H34O6. The molecule has 0 saturated heterocycles. The Hall–Kier alpha value is -2.99. The van der Waals surface area contributed by atoms with Gasteiger partial charge in [0.2, 0.25) is 0 Å². The lowest BCUT2D eigenvalue weighted by Gasteiger charge is -2.35. The zero-order valence-corrected chi connectivity index (χ0v) is 20.1. The predicted molar refractivity (Wildman–Crippen MR) is 128 cm³/mol. The van der Waals surface area contributed by atoms with Gasteiger partial charge in [-0.05, 0) is 51.7 Å². The first-order valence-corrected chi connectivity index (χ1v) is 11.2. The highest BCUT2D eigenvalue weighted by Gasteiger charge is 2.39. The Morgan fingerprint density at radius 3 is 2.61 bits per heavy atom. The Morgan fingerprint density at radius 1 is 1.27 bits per heavy atom. The average Bonchev–Trinajstić information content (AvgIpc) is 2.76. The Labute approximate surface area is 195 Å². The molecule has 0 amide bonds. The van der Waals surface area contributed by atoms with E-state index in [2.05, 4.69) is 12.7 Å². The van der Waals surface area contributed by atoms with E-state index in [1.54, 1.807) is 14.2 Å². The minimum absolute atomic E-state index is 0.0482. The molecule has 0 aromatic heterocycles. The summed E-state index contributed by atoms with van der Waals surface area (Å²) in [5.74, 6) is 0.170. The number of aromatic hydroxyl groups is 2. The van der Waals surface area contributed by atoms with Crippen molar-refractivity contribution in [2.75, 3.05) is 14.2 Å². The predicted octanol–water partition coefficient (Wildman–Crippen LogP) is 5.25. The minimum atomic E-state index is -0.512. The molecule has 0 radical (unpaired) electrons. The maximum absolute atomic E-state index is 13.1. The van der Waals surface area contributed by atoms with E-state index in [9.17, 15) is 15.0 Å². The summed E-state index contributed by atoms with van der Waals surface area (Å²) in [7, 11) is 3.19. The molecule has 4 atom stereocenters. The second-order valence-corrected chi connectivity index (χ2v) is 9.06. The van der Waals surface area contributed by atoms with Gasteiger partial charge >= 0.3 is 0 Å². The summed E-state index contributed by atoms with van der Waals surface area (Å²) in [4.78, 5) is 13.1. The maximum atomic E-state index is 13.1. The number of Topliss-reactive ketones (excluding diaryl/α,β-unsaturated/α-hetero) is 1. The van der Waals surface area contributed by atoms with E-state index < -0.39 is 6.10 Å². The number of phenols is 2. The van der Waals surface area contributed by atoms with Gasteiger partial charge in [0.1, 0.15) is 34.7 Å². The molecule has 0 spiro atoms. The first-order chi connectivity index (χ1) is 15.7. The van der Waals surface area contributed by atoms with E-state index >= 15 is 0 Å². The van der Waals surface area contributed by atoms with Crippen LogP contribution in [0.5, 0.6) is 17.2 Å². The number of rotatable bonds is 8. The second kappa shape index (κ2) is 10.3. The van der Waals surface area contributed by atoms with Crippen LogP contribution >= 0.6 is 0 Å². The zero-order valence-electron chi connectivity index (χ0n) is 20.1. The average molecular weight is 455 g/mol. The van der Waals surface area contributed by atoms with Crippen LogP contribution in [-0.4, -0.2) is 42.4 Å². The van der Waals surface area contributed by atoms with Crippen molar-refractivity contribution in [3.8, 4) is 17.2 Å². The molecule has 1 aromatic carbocycles. The summed E-state index contributed by atoms with van der Waals surface area (Å²) in [6.45, 7) is 10.1. The molecular weight excluding hydrogens is 420 g/mol. The number of phenolic OH excluding ortho intramolecular Hbond substituents is 2. The highest BCUT2D eigenvalue weighted by Crippen LogP contribution is 2.45. The highest BCUT2D eigenvalue weighted by molar-refractivity contribution is 6.03. The Morgan fingerprint density at radius 2 is 2.00 bits per heavy atom. The van der Waals surface area contributed by atoms with E-state index in [0.29, 0.717) is 17.7 Å². The van der Waals surface area contributed by atoms with Crippen LogP contribution in [0.3, 0.4) is 0 Å². The third-order valence-corrected chi connectivity index (χ3v) is 6.36. The molecule has 0 fully saturated rings. The van der Waals surface area contributed by atoms with E-state index in [4.69, 9.17) is 14.2 Å². The van der Waals surface area contributed by atoms with Crippen molar-refractivity contribution >= 4 is 5.78 Å². The third-order valence-electron chi connectivity index (χ3n) is 6.36. The Kier molecular flexibility index (Phi) is 7.69. The highest BCUT2D eigenvalue weighted by atomic mass is 16.5. The van der Waals surface area contributed by atoms with Crippen molar-refractivity contribution in [2.24, 2.45) is 11.8 Å². The van der Waals surface area contributed by atoms with Crippen molar-refractivity contribution in [1.82, 2.24) is 0 Å². The monoisotopic (exact) mass is 454 g/mol. The van der Waals surface area contributed by atoms with Crippen LogP contribution in [0.4, 0.5) is 0 Å². The number of allylic oxidation sites excluding steroid dienone is 4. The quantitative estimate of drug-likeness (QED) is 0.522. The summed E-state index contributed by atoms with van der Waals surface area (Å²) in [6.07, 6.45) is 8.18. The van der Waals surface area contributed by atoms with Crippen LogP contribution in [0.2, 0.25) is 0 Å². The van der Waals surface area contributed by atoms with Crippen molar-refractivity contribution < 1.29 is 29.2 Å². The lowest BCUT2D eigenvalue weighted by Crippen LogP contribution is -2.40. The van der Waals surface area contributed by atoms with Crippen LogP contribution in [0.15, 0.2) is 53.9 Å². The van der Waals surface area contributed by atoms with Gasteiger partial charge in [-0.3, -0.25) is 4.79 Å². The van der Waals surface area contributed by atoms with Crippen LogP contribution in [-0.2, 0) is 15.9 Å². The van der Waals surface area contributed by atoms with Gasteiger partial charge in [-0.25, -0.2) is 0 Å². The van der Waals surface area contributed by atoms with E-state index in [0.717, 1.165) is 12.0 Å². The number of ether oxygens (including phenoxy) is 3. The van der Waals surface area contributed by atoms with Gasteiger partial charge in [0.25, 0.3) is 0 Å². The van der Waals surface area contributed by atoms with Gasteiger partial charge in [-0.1, -0.05) is 29.9 Å². The van der Waals surface area contributed by atoms with Gasteiger partial charge in [0.05, 0.1) is 13.2 Å². The summed E-state index contributed by atoms with van der Waals surface area (Å²) in [6, 6.07) is 1.23. The largest absolute Gasteiger partial charge is 0.507 e. The molecule has 2 N–H and O–H groups in total. The fourth-order valence-corrected chi connectivity index (χ4v) is 4.39. The Bertz CT molecular complexity index is 1010. The molecule has 178 valence electrons. The van der Waals surface area contributed by atoms with Crippen molar-refractivity contribution in [1.29, 1.82) is 0 Å². The van der Waals surface area contributed by atoms with E-state index in [1.807, 2.05) is 39.0 Å². The normalized spacial score (nSPS) is 22.6. The van der Waals surface area contributed by atoms with Gasteiger partial charge in [0.15, 0.2) is 5.78 Å². The van der Waals surface area contributed by atoms with Crippen LogP contribution in [0.25, 0.3) is 0 Å². The van der Waals surface area contributed by atoms with Crippen molar-refractivity contribution in [2.45, 2.75) is 52.2 Å². The third kappa shape index (κ3) is 5.33. The molecule has 1 aromatic rings. The van der Waals surface area contributed by atoms with Crippen LogP contribution in [0, 0.1) is 11.8 Å². The van der Waals surface area contributed by atoms with Gasteiger partial charge in [-0.2, -0.15) is 0 Å². The molecule has 2 aliphatic rings. The number of ketones is 1. The molecule has 1 heterocycles. The minimum Gasteiger partial charge on any atom is -0.507 e. The fraction of sp³-hybridized carbons (Fsp3) is 0.444. The zero-order chi connectivity index (χ0) is 24.3. The molecule has 0 bridgehead atoms. The molecule has 3 unspecified atom stereocenters. The maximum Gasteiger partial charge on any atom is 0.174 e. The number of carbonyl (C=O) groups is 1. The molecule has 1 aliphatic heterocycles. The van der Waals surface area contributed by atoms with Crippen molar-refractivity contribution in [3.63, 3.8) is 0 Å². The Balaban J connectivity index is 1.99. The fourth-order valence-electron chi connectivity index (χ4n) is 4.39. The van der Waals surface area contributed by atoms with Crippen molar-refractivity contribution in [3.05, 3.63) is 65.0 Å². The molecule has 3 rings (SSSR count). The standard InChI is InChI=1S/C27H34O6/c1-15(2)7-8-17(16(3)4)11-20-21(28)13-22(29)26-23(30)14-25(33-27(20)26)19-10-9-18(31-5)12-24(19)32-6/h7,9-10,12-13,17,19,24-25,28-29H,3,8,11,14H2,1-2,4-6H3/t17?,19?,24?,25-/m0/s1. The number of benzene rings is 1. The number of hydrogen-bond donors (Lipinski definition) is 2. The molecule has 33 heavy (non-hydrogen) atoms. The number of methoxy groups -OCH3 is 2. The number of hydrogen-bond acceptors (Lipinski definition) is 6. The molecule has 6 heteroatoms.